The Bertz CT molecular complexity index is 338. The fourth-order valence-electron chi connectivity index (χ4n) is 1.25. The zero-order valence-corrected chi connectivity index (χ0v) is 11.2. The Morgan fingerprint density at radius 2 is 1.94 bits per heavy atom. The molecule has 0 aliphatic rings. The lowest BCUT2D eigenvalue weighted by molar-refractivity contribution is 0.309. The molecule has 94 valence electrons. The van der Waals surface area contributed by atoms with Crippen LogP contribution in [0.15, 0.2) is 24.3 Å². The van der Waals surface area contributed by atoms with Crippen LogP contribution < -0.4 is 10.1 Å². The molecule has 1 N–H and O–H groups in total. The van der Waals surface area contributed by atoms with Gasteiger partial charge in [-0.2, -0.15) is 0 Å². The summed E-state index contributed by atoms with van der Waals surface area (Å²) in [7, 11) is 0. The van der Waals surface area contributed by atoms with Gasteiger partial charge in [0.15, 0.2) is 0 Å². The Labute approximate surface area is 108 Å². The van der Waals surface area contributed by atoms with Crippen LogP contribution in [0.4, 0.5) is 5.69 Å². The summed E-state index contributed by atoms with van der Waals surface area (Å²) in [5.41, 5.74) is 0.909. The second-order valence-electron chi connectivity index (χ2n) is 3.57. The first-order valence-corrected chi connectivity index (χ1v) is 6.33. The molecule has 17 heavy (non-hydrogen) atoms. The Balaban J connectivity index is 2.41. The molecule has 0 aromatic heterocycles. The first-order valence-electron chi connectivity index (χ1n) is 5.93. The largest absolute Gasteiger partial charge is 0.494 e. The highest BCUT2D eigenvalue weighted by Crippen LogP contribution is 2.16. The fourth-order valence-corrected chi connectivity index (χ4v) is 1.49. The van der Waals surface area contributed by atoms with Crippen LogP contribution in [0, 0.1) is 0 Å². The summed E-state index contributed by atoms with van der Waals surface area (Å²) in [4.78, 5) is 0. The number of benzene rings is 1. The molecule has 0 heterocycles. The van der Waals surface area contributed by atoms with Crippen molar-refractivity contribution in [3.8, 4) is 5.75 Å². The van der Waals surface area contributed by atoms with E-state index in [4.69, 9.17) is 21.7 Å². The van der Waals surface area contributed by atoms with Gasteiger partial charge in [0.05, 0.1) is 13.2 Å². The van der Waals surface area contributed by atoms with Gasteiger partial charge in [-0.25, -0.2) is 0 Å². The molecular formula is C13H19NO2S. The minimum Gasteiger partial charge on any atom is -0.494 e. The summed E-state index contributed by atoms with van der Waals surface area (Å²) in [6, 6.07) is 7.69. The number of ether oxygens (including phenoxy) is 2. The van der Waals surface area contributed by atoms with Gasteiger partial charge in [-0.15, -0.1) is 0 Å². The Morgan fingerprint density at radius 3 is 2.53 bits per heavy atom. The Kier molecular flexibility index (Phi) is 6.40. The highest BCUT2D eigenvalue weighted by molar-refractivity contribution is 7.80. The number of thiocarbonyl (C=S) groups is 1. The maximum Gasteiger partial charge on any atom is 0.261 e. The van der Waals surface area contributed by atoms with E-state index >= 15 is 0 Å². The van der Waals surface area contributed by atoms with Crippen molar-refractivity contribution in [3.05, 3.63) is 24.3 Å². The quantitative estimate of drug-likeness (QED) is 0.620. The third kappa shape index (κ3) is 5.54. The zero-order chi connectivity index (χ0) is 12.5. The molecular weight excluding hydrogens is 234 g/mol. The van der Waals surface area contributed by atoms with Gasteiger partial charge >= 0.3 is 0 Å². The minimum absolute atomic E-state index is 0.396. The zero-order valence-electron chi connectivity index (χ0n) is 10.4. The van der Waals surface area contributed by atoms with Gasteiger partial charge < -0.3 is 14.8 Å². The first-order chi connectivity index (χ1) is 8.26. The highest BCUT2D eigenvalue weighted by atomic mass is 32.1. The molecule has 1 aromatic carbocycles. The minimum atomic E-state index is 0.396. The van der Waals surface area contributed by atoms with Crippen molar-refractivity contribution in [1.82, 2.24) is 0 Å². The molecule has 1 rings (SSSR count). The summed E-state index contributed by atoms with van der Waals surface area (Å²) in [6.07, 6.45) is 2.22. The van der Waals surface area contributed by atoms with Crippen molar-refractivity contribution in [3.63, 3.8) is 0 Å². The monoisotopic (exact) mass is 253 g/mol. The topological polar surface area (TPSA) is 30.5 Å². The van der Waals surface area contributed by atoms with E-state index in [0.717, 1.165) is 30.9 Å². The van der Waals surface area contributed by atoms with Crippen LogP contribution in [0.2, 0.25) is 0 Å². The van der Waals surface area contributed by atoms with E-state index in [9.17, 15) is 0 Å². The summed E-state index contributed by atoms with van der Waals surface area (Å²) in [6.45, 7) is 5.38. The van der Waals surface area contributed by atoms with Crippen molar-refractivity contribution >= 4 is 23.1 Å². The highest BCUT2D eigenvalue weighted by Gasteiger charge is 1.98. The predicted molar refractivity (Wildman–Crippen MR) is 74.7 cm³/mol. The first kappa shape index (κ1) is 13.8. The molecule has 0 radical (unpaired) electrons. The van der Waals surface area contributed by atoms with E-state index in [-0.39, 0.29) is 0 Å². The summed E-state index contributed by atoms with van der Waals surface area (Å²) < 4.78 is 10.7. The maximum absolute atomic E-state index is 5.56. The maximum atomic E-state index is 5.56. The molecule has 3 nitrogen and oxygen atoms in total. The van der Waals surface area contributed by atoms with E-state index in [0.29, 0.717) is 11.8 Å². The molecule has 0 unspecified atom stereocenters. The second kappa shape index (κ2) is 7.90. The van der Waals surface area contributed by atoms with Gasteiger partial charge in [-0.1, -0.05) is 13.3 Å². The van der Waals surface area contributed by atoms with E-state index < -0.39 is 0 Å². The van der Waals surface area contributed by atoms with Crippen LogP contribution in [0.25, 0.3) is 0 Å². The van der Waals surface area contributed by atoms with Gasteiger partial charge in [-0.05, 0) is 49.8 Å². The molecule has 0 saturated carbocycles. The van der Waals surface area contributed by atoms with Crippen molar-refractivity contribution in [2.45, 2.75) is 26.7 Å². The molecule has 0 atom stereocenters. The molecule has 0 aliphatic carbocycles. The lowest BCUT2D eigenvalue weighted by atomic mass is 10.3. The predicted octanol–water partition coefficient (Wildman–Crippen LogP) is 3.60. The van der Waals surface area contributed by atoms with Crippen molar-refractivity contribution in [2.75, 3.05) is 18.5 Å². The summed E-state index contributed by atoms with van der Waals surface area (Å²) in [5.74, 6) is 0.881. The molecule has 0 spiro atoms. The molecule has 4 heteroatoms. The molecule has 0 saturated heterocycles. The van der Waals surface area contributed by atoms with Gasteiger partial charge in [0, 0.05) is 5.69 Å². The van der Waals surface area contributed by atoms with Crippen LogP contribution in [0.5, 0.6) is 5.75 Å². The van der Waals surface area contributed by atoms with Crippen LogP contribution >= 0.6 is 12.2 Å². The molecule has 0 fully saturated rings. The SMILES string of the molecule is CCCCOc1ccc(NC(=S)OCC)cc1. The van der Waals surface area contributed by atoms with E-state index in [1.54, 1.807) is 0 Å². The Morgan fingerprint density at radius 1 is 1.24 bits per heavy atom. The third-order valence-electron chi connectivity index (χ3n) is 2.14. The standard InChI is InChI=1S/C13H19NO2S/c1-3-5-10-16-12-8-6-11(7-9-12)14-13(17)15-4-2/h6-9H,3-5,10H2,1-2H3,(H,14,17). The van der Waals surface area contributed by atoms with Gasteiger partial charge in [-0.3, -0.25) is 0 Å². The average Bonchev–Trinajstić information content (AvgIpc) is 2.32. The smallest absolute Gasteiger partial charge is 0.261 e. The van der Waals surface area contributed by atoms with Crippen molar-refractivity contribution in [2.24, 2.45) is 0 Å². The number of hydrogen-bond acceptors (Lipinski definition) is 3. The molecule has 0 amide bonds. The number of unbranched alkanes of at least 4 members (excludes halogenated alkanes) is 1. The normalized spacial score (nSPS) is 9.76. The number of anilines is 1. The number of rotatable bonds is 6. The summed E-state index contributed by atoms with van der Waals surface area (Å²) >= 11 is 4.99. The van der Waals surface area contributed by atoms with Crippen LogP contribution in [-0.2, 0) is 4.74 Å². The fraction of sp³-hybridized carbons (Fsp3) is 0.462. The van der Waals surface area contributed by atoms with Crippen LogP contribution in [0.3, 0.4) is 0 Å². The molecule has 0 bridgehead atoms. The lowest BCUT2D eigenvalue weighted by Crippen LogP contribution is -2.12. The van der Waals surface area contributed by atoms with Crippen LogP contribution in [-0.4, -0.2) is 18.4 Å². The van der Waals surface area contributed by atoms with Gasteiger partial charge in [0.1, 0.15) is 5.75 Å². The molecule has 0 aliphatic heterocycles. The van der Waals surface area contributed by atoms with E-state index in [2.05, 4.69) is 12.2 Å². The third-order valence-corrected chi connectivity index (χ3v) is 2.36. The summed E-state index contributed by atoms with van der Waals surface area (Å²) in [5, 5.41) is 3.39. The number of nitrogens with one attached hydrogen (secondary N) is 1. The average molecular weight is 253 g/mol. The number of hydrogen-bond donors (Lipinski definition) is 1. The van der Waals surface area contributed by atoms with Gasteiger partial charge in [0.2, 0.25) is 0 Å². The van der Waals surface area contributed by atoms with E-state index in [1.165, 1.54) is 0 Å². The second-order valence-corrected chi connectivity index (χ2v) is 3.94. The lowest BCUT2D eigenvalue weighted by Gasteiger charge is -2.09. The Hall–Kier alpha value is -1.29. The van der Waals surface area contributed by atoms with Crippen molar-refractivity contribution in [1.29, 1.82) is 0 Å². The van der Waals surface area contributed by atoms with Crippen LogP contribution in [0.1, 0.15) is 26.7 Å². The van der Waals surface area contributed by atoms with Crippen molar-refractivity contribution < 1.29 is 9.47 Å². The molecule has 1 aromatic rings. The van der Waals surface area contributed by atoms with E-state index in [1.807, 2.05) is 31.2 Å². The van der Waals surface area contributed by atoms with Gasteiger partial charge in [0.25, 0.3) is 5.17 Å².